The number of anilines is 1. The van der Waals surface area contributed by atoms with Crippen LogP contribution in [0.15, 0.2) is 60.9 Å². The van der Waals surface area contributed by atoms with Crippen LogP contribution >= 0.6 is 0 Å². The van der Waals surface area contributed by atoms with Gasteiger partial charge in [-0.3, -0.25) is 4.98 Å². The number of carboxylic acid groups (broad SMARTS) is 1. The molecular weight excluding hydrogens is 320 g/mol. The highest BCUT2D eigenvalue weighted by atomic mass is 16.5. The van der Waals surface area contributed by atoms with Crippen molar-refractivity contribution in [1.82, 2.24) is 15.0 Å². The van der Waals surface area contributed by atoms with E-state index in [4.69, 9.17) is 9.84 Å². The average Bonchev–Trinajstić information content (AvgIpc) is 2.66. The fraction of sp³-hybridized carbons (Fsp3) is 0.111. The lowest BCUT2D eigenvalue weighted by molar-refractivity contribution is -0.139. The lowest BCUT2D eigenvalue weighted by Crippen LogP contribution is -2.12. The van der Waals surface area contributed by atoms with Crippen LogP contribution in [-0.2, 0) is 11.3 Å². The minimum atomic E-state index is -1.07. The molecule has 0 fully saturated rings. The Morgan fingerprint density at radius 1 is 1.08 bits per heavy atom. The third-order valence-corrected chi connectivity index (χ3v) is 3.32. The van der Waals surface area contributed by atoms with Crippen LogP contribution in [0.2, 0.25) is 0 Å². The van der Waals surface area contributed by atoms with E-state index in [1.165, 1.54) is 0 Å². The number of benzene rings is 1. The van der Waals surface area contributed by atoms with Gasteiger partial charge in [-0.15, -0.1) is 0 Å². The van der Waals surface area contributed by atoms with Crippen molar-refractivity contribution in [2.45, 2.75) is 6.54 Å². The monoisotopic (exact) mass is 336 g/mol. The second-order valence-corrected chi connectivity index (χ2v) is 5.17. The Labute approximate surface area is 144 Å². The number of ether oxygens (including phenoxy) is 1. The summed E-state index contributed by atoms with van der Waals surface area (Å²) in [5.41, 5.74) is 2.53. The third-order valence-electron chi connectivity index (χ3n) is 3.32. The Kier molecular flexibility index (Phi) is 5.16. The molecule has 0 spiro atoms. The van der Waals surface area contributed by atoms with Gasteiger partial charge in [-0.1, -0.05) is 30.3 Å². The van der Waals surface area contributed by atoms with Crippen LogP contribution in [0.25, 0.3) is 11.3 Å². The molecule has 0 aliphatic heterocycles. The number of rotatable bonds is 7. The maximum Gasteiger partial charge on any atom is 0.341 e. The van der Waals surface area contributed by atoms with Crippen molar-refractivity contribution in [2.24, 2.45) is 0 Å². The second-order valence-electron chi connectivity index (χ2n) is 5.17. The lowest BCUT2D eigenvalue weighted by Gasteiger charge is -2.10. The molecular formula is C18H16N4O3. The first kappa shape index (κ1) is 16.4. The van der Waals surface area contributed by atoms with E-state index in [2.05, 4.69) is 20.3 Å². The van der Waals surface area contributed by atoms with Crippen molar-refractivity contribution in [3.63, 3.8) is 0 Å². The summed E-state index contributed by atoms with van der Waals surface area (Å²) in [4.78, 5) is 23.4. The predicted molar refractivity (Wildman–Crippen MR) is 92.2 cm³/mol. The minimum absolute atomic E-state index is 0.194. The first-order valence-electron chi connectivity index (χ1n) is 7.62. The zero-order chi connectivity index (χ0) is 17.5. The van der Waals surface area contributed by atoms with Gasteiger partial charge in [0.15, 0.2) is 6.61 Å². The third kappa shape index (κ3) is 4.74. The van der Waals surface area contributed by atoms with Crippen molar-refractivity contribution < 1.29 is 14.6 Å². The first-order valence-corrected chi connectivity index (χ1v) is 7.62. The first-order chi connectivity index (χ1) is 12.2. The summed E-state index contributed by atoms with van der Waals surface area (Å²) in [6.45, 7) is 0.0733. The smallest absolute Gasteiger partial charge is 0.341 e. The molecule has 0 saturated carbocycles. The topological polar surface area (TPSA) is 97.2 Å². The number of nitrogens with zero attached hydrogens (tertiary/aromatic N) is 3. The summed E-state index contributed by atoms with van der Waals surface area (Å²) < 4.78 is 5.22. The molecule has 2 N–H and O–H groups in total. The van der Waals surface area contributed by atoms with Crippen LogP contribution in [0.1, 0.15) is 5.56 Å². The van der Waals surface area contributed by atoms with Crippen LogP contribution < -0.4 is 10.1 Å². The molecule has 3 rings (SSSR count). The molecule has 0 amide bonds. The van der Waals surface area contributed by atoms with Gasteiger partial charge in [0.1, 0.15) is 0 Å². The van der Waals surface area contributed by atoms with Gasteiger partial charge in [-0.05, 0) is 17.7 Å². The molecule has 0 bridgehead atoms. The highest BCUT2D eigenvalue weighted by Gasteiger charge is 2.09. The zero-order valence-electron chi connectivity index (χ0n) is 13.3. The number of carboxylic acids is 1. The molecule has 126 valence electrons. The van der Waals surface area contributed by atoms with Crippen LogP contribution in [0.4, 0.5) is 5.95 Å². The van der Waals surface area contributed by atoms with Crippen LogP contribution in [0.3, 0.4) is 0 Å². The predicted octanol–water partition coefficient (Wildman–Crippen LogP) is 2.61. The number of aliphatic carboxylic acids is 1. The molecule has 0 aliphatic rings. The van der Waals surface area contributed by atoms with Gasteiger partial charge in [-0.2, -0.15) is 4.98 Å². The fourth-order valence-electron chi connectivity index (χ4n) is 2.16. The number of hydrogen-bond acceptors (Lipinski definition) is 6. The molecule has 7 heteroatoms. The van der Waals surface area contributed by atoms with Gasteiger partial charge < -0.3 is 15.2 Å². The molecule has 0 aliphatic carbocycles. The van der Waals surface area contributed by atoms with Crippen LogP contribution in [-0.4, -0.2) is 32.6 Å². The number of hydrogen-bond donors (Lipinski definition) is 2. The lowest BCUT2D eigenvalue weighted by atomic mass is 10.2. The van der Waals surface area contributed by atoms with E-state index in [0.29, 0.717) is 18.2 Å². The summed E-state index contributed by atoms with van der Waals surface area (Å²) in [5.74, 6) is -0.513. The Balaban J connectivity index is 1.85. The SMILES string of the molecule is O=C(O)COc1cc(-c2ccncc2)nc(NCc2ccccc2)n1. The normalized spacial score (nSPS) is 10.2. The van der Waals surface area contributed by atoms with Gasteiger partial charge in [0.25, 0.3) is 0 Å². The number of aromatic nitrogens is 3. The van der Waals surface area contributed by atoms with E-state index in [0.717, 1.165) is 11.1 Å². The minimum Gasteiger partial charge on any atom is -0.479 e. The van der Waals surface area contributed by atoms with Crippen LogP contribution in [0, 0.1) is 0 Å². The molecule has 1 aromatic carbocycles. The van der Waals surface area contributed by atoms with Crippen molar-refractivity contribution in [2.75, 3.05) is 11.9 Å². The molecule has 7 nitrogen and oxygen atoms in total. The maximum atomic E-state index is 10.7. The van der Waals surface area contributed by atoms with Gasteiger partial charge in [0, 0.05) is 30.6 Å². The van der Waals surface area contributed by atoms with Gasteiger partial charge in [0.2, 0.25) is 11.8 Å². The summed E-state index contributed by atoms with van der Waals surface area (Å²) in [7, 11) is 0. The Hall–Kier alpha value is -3.48. The Morgan fingerprint density at radius 2 is 1.84 bits per heavy atom. The summed E-state index contributed by atoms with van der Waals surface area (Å²) in [6.07, 6.45) is 3.32. The summed E-state index contributed by atoms with van der Waals surface area (Å²) in [5, 5.41) is 11.9. The highest BCUT2D eigenvalue weighted by Crippen LogP contribution is 2.22. The van der Waals surface area contributed by atoms with Crippen molar-refractivity contribution in [1.29, 1.82) is 0 Å². The molecule has 0 atom stereocenters. The van der Waals surface area contributed by atoms with E-state index < -0.39 is 12.6 Å². The van der Waals surface area contributed by atoms with Crippen molar-refractivity contribution in [3.05, 3.63) is 66.5 Å². The number of carbonyl (C=O) groups is 1. The van der Waals surface area contributed by atoms with Crippen LogP contribution in [0.5, 0.6) is 5.88 Å². The molecule has 0 saturated heterocycles. The van der Waals surface area contributed by atoms with Gasteiger partial charge in [0.05, 0.1) is 5.69 Å². The maximum absolute atomic E-state index is 10.7. The molecule has 25 heavy (non-hydrogen) atoms. The molecule has 0 unspecified atom stereocenters. The highest BCUT2D eigenvalue weighted by molar-refractivity contribution is 5.68. The van der Waals surface area contributed by atoms with E-state index in [1.807, 2.05) is 42.5 Å². The zero-order valence-corrected chi connectivity index (χ0v) is 13.3. The molecule has 0 radical (unpaired) electrons. The molecule has 2 aromatic heterocycles. The number of nitrogens with one attached hydrogen (secondary N) is 1. The van der Waals surface area contributed by atoms with Crippen molar-refractivity contribution in [3.8, 4) is 17.1 Å². The second kappa shape index (κ2) is 7.87. The Morgan fingerprint density at radius 3 is 2.56 bits per heavy atom. The molecule has 2 heterocycles. The fourth-order valence-corrected chi connectivity index (χ4v) is 2.16. The Bertz CT molecular complexity index is 841. The van der Waals surface area contributed by atoms with Gasteiger partial charge in [-0.25, -0.2) is 9.78 Å². The summed E-state index contributed by atoms with van der Waals surface area (Å²) in [6, 6.07) is 15.0. The quantitative estimate of drug-likeness (QED) is 0.684. The van der Waals surface area contributed by atoms with E-state index >= 15 is 0 Å². The molecule has 3 aromatic rings. The van der Waals surface area contributed by atoms with Crippen molar-refractivity contribution >= 4 is 11.9 Å². The largest absolute Gasteiger partial charge is 0.479 e. The average molecular weight is 336 g/mol. The summed E-state index contributed by atoms with van der Waals surface area (Å²) >= 11 is 0. The van der Waals surface area contributed by atoms with E-state index in [-0.39, 0.29) is 5.88 Å². The number of pyridine rings is 1. The van der Waals surface area contributed by atoms with Gasteiger partial charge >= 0.3 is 5.97 Å². The van der Waals surface area contributed by atoms with E-state index in [9.17, 15) is 4.79 Å². The van der Waals surface area contributed by atoms with E-state index in [1.54, 1.807) is 18.5 Å². The standard InChI is InChI=1S/C18H16N4O3/c23-17(24)12-25-16-10-15(14-6-8-19-9-7-14)21-18(22-16)20-11-13-4-2-1-3-5-13/h1-10H,11-12H2,(H,23,24)(H,20,21,22).